The number of para-hydroxylation sites is 1. The third kappa shape index (κ3) is 4.61. The van der Waals surface area contributed by atoms with Crippen molar-refractivity contribution in [2.75, 3.05) is 38.6 Å². The average molecular weight is 394 g/mol. The highest BCUT2D eigenvalue weighted by Gasteiger charge is 2.22. The summed E-state index contributed by atoms with van der Waals surface area (Å²) in [6.07, 6.45) is 0. The molecule has 2 aromatic carbocycles. The Morgan fingerprint density at radius 2 is 1.85 bits per heavy atom. The Hall–Kier alpha value is -1.95. The van der Waals surface area contributed by atoms with Crippen LogP contribution in [0, 0.1) is 0 Å². The maximum absolute atomic E-state index is 12.4. The molecule has 3 rings (SSSR count). The number of rotatable bonds is 4. The molecule has 0 atom stereocenters. The molecule has 0 saturated carbocycles. The van der Waals surface area contributed by atoms with Gasteiger partial charge in [0.15, 0.2) is 0 Å². The molecule has 0 radical (unpaired) electrons. The van der Waals surface area contributed by atoms with Crippen molar-refractivity contribution >= 4 is 34.9 Å². The number of carbonyl (C=O) groups excluding carboxylic acids is 1. The van der Waals surface area contributed by atoms with Crippen LogP contribution in [0.5, 0.6) is 5.75 Å². The lowest BCUT2D eigenvalue weighted by Gasteiger charge is -2.35. The minimum Gasteiger partial charge on any atom is -0.496 e. The lowest BCUT2D eigenvalue weighted by Crippen LogP contribution is -2.49. The van der Waals surface area contributed by atoms with E-state index in [-0.39, 0.29) is 6.03 Å². The van der Waals surface area contributed by atoms with Crippen LogP contribution in [0.2, 0.25) is 10.0 Å². The normalized spacial score (nSPS) is 15.0. The first-order chi connectivity index (χ1) is 12.6. The molecule has 5 nitrogen and oxygen atoms in total. The minimum atomic E-state index is -0.127. The highest BCUT2D eigenvalue weighted by atomic mass is 35.5. The Morgan fingerprint density at radius 1 is 1.12 bits per heavy atom. The number of anilines is 1. The number of hydrogen-bond acceptors (Lipinski definition) is 3. The van der Waals surface area contributed by atoms with Gasteiger partial charge in [-0.2, -0.15) is 0 Å². The number of nitrogens with one attached hydrogen (secondary N) is 1. The minimum absolute atomic E-state index is 0.127. The van der Waals surface area contributed by atoms with Crippen LogP contribution in [0.4, 0.5) is 10.5 Å². The van der Waals surface area contributed by atoms with E-state index in [1.54, 1.807) is 24.1 Å². The van der Waals surface area contributed by atoms with Gasteiger partial charge in [0.25, 0.3) is 0 Å². The molecule has 1 aliphatic rings. The Kier molecular flexibility index (Phi) is 6.25. The van der Waals surface area contributed by atoms with E-state index in [2.05, 4.69) is 10.2 Å². The largest absolute Gasteiger partial charge is 0.496 e. The molecule has 1 aliphatic heterocycles. The molecular formula is C19H21Cl2N3O2. The Balaban J connectivity index is 1.55. The summed E-state index contributed by atoms with van der Waals surface area (Å²) >= 11 is 12.2. The van der Waals surface area contributed by atoms with Gasteiger partial charge in [-0.05, 0) is 30.3 Å². The Morgan fingerprint density at radius 3 is 2.54 bits per heavy atom. The van der Waals surface area contributed by atoms with E-state index >= 15 is 0 Å². The molecule has 0 unspecified atom stereocenters. The summed E-state index contributed by atoms with van der Waals surface area (Å²) in [5.74, 6) is 0.827. The molecule has 1 saturated heterocycles. The van der Waals surface area contributed by atoms with Gasteiger partial charge in [-0.3, -0.25) is 4.90 Å². The van der Waals surface area contributed by atoms with E-state index in [0.717, 1.165) is 30.9 Å². The van der Waals surface area contributed by atoms with Crippen LogP contribution in [0.3, 0.4) is 0 Å². The maximum Gasteiger partial charge on any atom is 0.321 e. The van der Waals surface area contributed by atoms with Gasteiger partial charge >= 0.3 is 6.03 Å². The predicted molar refractivity (Wildman–Crippen MR) is 105 cm³/mol. The summed E-state index contributed by atoms with van der Waals surface area (Å²) in [6.45, 7) is 3.61. The topological polar surface area (TPSA) is 44.8 Å². The molecule has 138 valence electrons. The molecule has 2 aromatic rings. The number of carbonyl (C=O) groups is 1. The number of halogens is 2. The van der Waals surface area contributed by atoms with Crippen LogP contribution in [0.25, 0.3) is 0 Å². The number of piperazine rings is 1. The SMILES string of the molecule is COc1ccc(Cl)cc1CN1CCN(C(=O)Nc2ccccc2Cl)CC1. The average Bonchev–Trinajstić information content (AvgIpc) is 2.64. The summed E-state index contributed by atoms with van der Waals surface area (Å²) < 4.78 is 5.41. The van der Waals surface area contributed by atoms with Gasteiger partial charge in [-0.25, -0.2) is 4.79 Å². The zero-order valence-electron chi connectivity index (χ0n) is 14.5. The van der Waals surface area contributed by atoms with Crippen molar-refractivity contribution < 1.29 is 9.53 Å². The number of amides is 2. The molecule has 0 aliphatic carbocycles. The molecule has 0 bridgehead atoms. The highest BCUT2D eigenvalue weighted by molar-refractivity contribution is 6.33. The van der Waals surface area contributed by atoms with Crippen LogP contribution >= 0.6 is 23.2 Å². The summed E-state index contributed by atoms with van der Waals surface area (Å²) in [5, 5.41) is 4.10. The van der Waals surface area contributed by atoms with Gasteiger partial charge in [0.05, 0.1) is 17.8 Å². The molecule has 26 heavy (non-hydrogen) atoms. The molecule has 0 spiro atoms. The Bertz CT molecular complexity index is 777. The van der Waals surface area contributed by atoms with Crippen molar-refractivity contribution in [3.63, 3.8) is 0 Å². The molecule has 0 aromatic heterocycles. The third-order valence-corrected chi connectivity index (χ3v) is 4.98. The molecule has 1 heterocycles. The fourth-order valence-electron chi connectivity index (χ4n) is 2.98. The summed E-state index contributed by atoms with van der Waals surface area (Å²) in [7, 11) is 1.66. The van der Waals surface area contributed by atoms with Gasteiger partial charge in [0.2, 0.25) is 0 Å². The summed E-state index contributed by atoms with van der Waals surface area (Å²) in [4.78, 5) is 16.5. The van der Waals surface area contributed by atoms with Crippen LogP contribution in [-0.2, 0) is 6.54 Å². The van der Waals surface area contributed by atoms with E-state index in [1.165, 1.54) is 0 Å². The molecule has 7 heteroatoms. The highest BCUT2D eigenvalue weighted by Crippen LogP contribution is 2.25. The van der Waals surface area contributed by atoms with Crippen LogP contribution in [-0.4, -0.2) is 49.1 Å². The van der Waals surface area contributed by atoms with Crippen molar-refractivity contribution in [2.24, 2.45) is 0 Å². The number of ether oxygens (including phenoxy) is 1. The zero-order valence-corrected chi connectivity index (χ0v) is 16.1. The van der Waals surface area contributed by atoms with E-state index in [0.29, 0.717) is 28.8 Å². The maximum atomic E-state index is 12.4. The number of urea groups is 1. The van der Waals surface area contributed by atoms with E-state index in [1.807, 2.05) is 30.3 Å². The standard InChI is InChI=1S/C19H21Cl2N3O2/c1-26-18-7-6-15(20)12-14(18)13-23-8-10-24(11-9-23)19(25)22-17-5-3-2-4-16(17)21/h2-7,12H,8-11,13H2,1H3,(H,22,25). The number of benzene rings is 2. The molecule has 2 amide bonds. The number of nitrogens with zero attached hydrogens (tertiary/aromatic N) is 2. The van der Waals surface area contributed by atoms with Crippen molar-refractivity contribution in [2.45, 2.75) is 6.54 Å². The lowest BCUT2D eigenvalue weighted by molar-refractivity contribution is 0.142. The predicted octanol–water partition coefficient (Wildman–Crippen LogP) is 4.35. The monoisotopic (exact) mass is 393 g/mol. The van der Waals surface area contributed by atoms with Crippen LogP contribution in [0.15, 0.2) is 42.5 Å². The second-order valence-electron chi connectivity index (χ2n) is 6.13. The third-order valence-electron chi connectivity index (χ3n) is 4.41. The molecular weight excluding hydrogens is 373 g/mol. The van der Waals surface area contributed by atoms with Crippen molar-refractivity contribution in [3.05, 3.63) is 58.1 Å². The van der Waals surface area contributed by atoms with Crippen LogP contribution in [0.1, 0.15) is 5.56 Å². The first kappa shape index (κ1) is 18.8. The number of hydrogen-bond donors (Lipinski definition) is 1. The zero-order chi connectivity index (χ0) is 18.5. The molecule has 1 fully saturated rings. The van der Waals surface area contributed by atoms with Gasteiger partial charge in [0, 0.05) is 43.3 Å². The Labute approximate surface area is 163 Å². The van der Waals surface area contributed by atoms with E-state index < -0.39 is 0 Å². The fraction of sp³-hybridized carbons (Fsp3) is 0.316. The van der Waals surface area contributed by atoms with E-state index in [9.17, 15) is 4.79 Å². The summed E-state index contributed by atoms with van der Waals surface area (Å²) in [5.41, 5.74) is 1.68. The van der Waals surface area contributed by atoms with Crippen molar-refractivity contribution in [1.82, 2.24) is 9.80 Å². The molecule has 1 N–H and O–H groups in total. The second kappa shape index (κ2) is 8.62. The van der Waals surface area contributed by atoms with E-state index in [4.69, 9.17) is 27.9 Å². The van der Waals surface area contributed by atoms with Crippen molar-refractivity contribution in [1.29, 1.82) is 0 Å². The fourth-order valence-corrected chi connectivity index (χ4v) is 3.36. The first-order valence-electron chi connectivity index (χ1n) is 8.42. The quantitative estimate of drug-likeness (QED) is 0.839. The summed E-state index contributed by atoms with van der Waals surface area (Å²) in [6, 6.07) is 12.7. The van der Waals surface area contributed by atoms with Crippen LogP contribution < -0.4 is 10.1 Å². The lowest BCUT2D eigenvalue weighted by atomic mass is 10.1. The first-order valence-corrected chi connectivity index (χ1v) is 9.17. The smallest absolute Gasteiger partial charge is 0.321 e. The van der Waals surface area contributed by atoms with Gasteiger partial charge in [-0.1, -0.05) is 35.3 Å². The second-order valence-corrected chi connectivity index (χ2v) is 6.97. The van der Waals surface area contributed by atoms with Crippen molar-refractivity contribution in [3.8, 4) is 5.75 Å². The van der Waals surface area contributed by atoms with Gasteiger partial charge in [-0.15, -0.1) is 0 Å². The van der Waals surface area contributed by atoms with Gasteiger partial charge in [0.1, 0.15) is 5.75 Å². The number of methoxy groups -OCH3 is 1. The van der Waals surface area contributed by atoms with Gasteiger partial charge < -0.3 is 15.0 Å².